The molecule has 8 nitrogen and oxygen atoms in total. The molecule has 2 spiro atoms. The highest BCUT2D eigenvalue weighted by molar-refractivity contribution is 6.01. The third kappa shape index (κ3) is 2.13. The van der Waals surface area contributed by atoms with Gasteiger partial charge in [-0.3, -0.25) is 14.5 Å². The van der Waals surface area contributed by atoms with Gasteiger partial charge < -0.3 is 23.8 Å². The van der Waals surface area contributed by atoms with Crippen LogP contribution < -0.4 is 19.1 Å². The zero-order valence-electron chi connectivity index (χ0n) is 19.9. The number of rotatable bonds is 4. The number of methoxy groups -OCH3 is 3. The molecule has 6 rings (SSSR count). The molecule has 4 atom stereocenters. The molecule has 0 radical (unpaired) electrons. The summed E-state index contributed by atoms with van der Waals surface area (Å²) >= 11 is 0. The molecule has 0 bridgehead atoms. The van der Waals surface area contributed by atoms with Crippen LogP contribution in [0.15, 0.2) is 6.07 Å². The fourth-order valence-electron chi connectivity index (χ4n) is 8.35. The topological polar surface area (TPSA) is 77.5 Å². The Balaban J connectivity index is 1.71. The Bertz CT molecular complexity index is 1060. The van der Waals surface area contributed by atoms with Crippen molar-refractivity contribution in [3.05, 3.63) is 11.6 Å². The van der Waals surface area contributed by atoms with Gasteiger partial charge in [0.1, 0.15) is 0 Å². The Hall–Kier alpha value is -2.48. The van der Waals surface area contributed by atoms with Crippen LogP contribution in [0, 0.1) is 5.41 Å². The van der Waals surface area contributed by atoms with Gasteiger partial charge in [-0.1, -0.05) is 6.92 Å². The molecule has 0 unspecified atom stereocenters. The van der Waals surface area contributed by atoms with Crippen molar-refractivity contribution in [2.45, 2.75) is 69.1 Å². The number of ether oxygens (including phenoxy) is 4. The number of fused-ring (bicyclic) bond motifs is 1. The second-order valence-corrected chi connectivity index (χ2v) is 10.1. The van der Waals surface area contributed by atoms with Crippen LogP contribution in [0.5, 0.6) is 17.2 Å². The number of nitrogens with zero attached hydrogens (tertiary/aromatic N) is 2. The Morgan fingerprint density at radius 2 is 1.91 bits per heavy atom. The lowest BCUT2D eigenvalue weighted by atomic mass is 9.50. The first-order chi connectivity index (χ1) is 15.9. The van der Waals surface area contributed by atoms with Crippen molar-refractivity contribution in [2.75, 3.05) is 39.3 Å². The lowest BCUT2D eigenvalue weighted by Crippen LogP contribution is -2.73. The predicted molar refractivity (Wildman–Crippen MR) is 120 cm³/mol. The number of esters is 1. The largest absolute Gasteiger partial charge is 0.493 e. The van der Waals surface area contributed by atoms with Crippen LogP contribution in [0.25, 0.3) is 0 Å². The van der Waals surface area contributed by atoms with Gasteiger partial charge in [-0.15, -0.1) is 0 Å². The summed E-state index contributed by atoms with van der Waals surface area (Å²) in [5.74, 6) is 1.49. The normalized spacial score (nSPS) is 35.9. The van der Waals surface area contributed by atoms with E-state index in [4.69, 9.17) is 18.9 Å². The number of carbonyl (C=O) groups is 2. The first-order valence-electron chi connectivity index (χ1n) is 12.1. The first kappa shape index (κ1) is 21.1. The minimum absolute atomic E-state index is 0.0473. The van der Waals surface area contributed by atoms with Gasteiger partial charge >= 0.3 is 5.97 Å². The van der Waals surface area contributed by atoms with E-state index in [1.165, 1.54) is 0 Å². The van der Waals surface area contributed by atoms with Crippen molar-refractivity contribution in [3.63, 3.8) is 0 Å². The Labute approximate surface area is 194 Å². The predicted octanol–water partition coefficient (Wildman–Crippen LogP) is 3.00. The van der Waals surface area contributed by atoms with Crippen molar-refractivity contribution in [2.24, 2.45) is 5.41 Å². The lowest BCUT2D eigenvalue weighted by Gasteiger charge is -2.61. The van der Waals surface area contributed by atoms with Crippen LogP contribution in [0.4, 0.5) is 5.69 Å². The molecule has 4 heterocycles. The lowest BCUT2D eigenvalue weighted by molar-refractivity contribution is -0.230. The quantitative estimate of drug-likeness (QED) is 0.645. The third-order valence-electron chi connectivity index (χ3n) is 9.25. The summed E-state index contributed by atoms with van der Waals surface area (Å²) in [6.45, 7) is 3.64. The van der Waals surface area contributed by atoms with E-state index in [1.807, 2.05) is 17.9 Å². The first-order valence-corrected chi connectivity index (χ1v) is 12.1. The summed E-state index contributed by atoms with van der Waals surface area (Å²) in [4.78, 5) is 30.9. The van der Waals surface area contributed by atoms with E-state index in [-0.39, 0.29) is 23.3 Å². The van der Waals surface area contributed by atoms with Crippen LogP contribution >= 0.6 is 0 Å². The number of hydrogen-bond donors (Lipinski definition) is 0. The maximum atomic E-state index is 13.5. The third-order valence-corrected chi connectivity index (χ3v) is 9.25. The second kappa shape index (κ2) is 6.78. The average molecular weight is 457 g/mol. The van der Waals surface area contributed by atoms with E-state index in [2.05, 4.69) is 4.90 Å². The molecule has 1 aromatic carbocycles. The molecule has 1 saturated carbocycles. The van der Waals surface area contributed by atoms with E-state index >= 15 is 0 Å². The Morgan fingerprint density at radius 3 is 2.61 bits per heavy atom. The minimum Gasteiger partial charge on any atom is -0.493 e. The fraction of sp³-hybridized carbons (Fsp3) is 0.680. The van der Waals surface area contributed by atoms with Crippen molar-refractivity contribution >= 4 is 17.6 Å². The summed E-state index contributed by atoms with van der Waals surface area (Å²) < 4.78 is 23.8. The average Bonchev–Trinajstić information content (AvgIpc) is 3.43. The van der Waals surface area contributed by atoms with Gasteiger partial charge in [0.2, 0.25) is 11.7 Å². The van der Waals surface area contributed by atoms with E-state index in [9.17, 15) is 9.59 Å². The van der Waals surface area contributed by atoms with E-state index in [0.29, 0.717) is 30.1 Å². The molecule has 5 aliphatic rings. The van der Waals surface area contributed by atoms with Crippen LogP contribution in [0.3, 0.4) is 0 Å². The summed E-state index contributed by atoms with van der Waals surface area (Å²) in [6.07, 6.45) is 5.42. The van der Waals surface area contributed by atoms with E-state index < -0.39 is 11.1 Å². The van der Waals surface area contributed by atoms with Gasteiger partial charge in [0.15, 0.2) is 17.2 Å². The highest BCUT2D eigenvalue weighted by Crippen LogP contribution is 2.75. The molecule has 4 fully saturated rings. The summed E-state index contributed by atoms with van der Waals surface area (Å²) in [5.41, 5.74) is 0.267. The fourth-order valence-corrected chi connectivity index (χ4v) is 8.35. The van der Waals surface area contributed by atoms with Crippen LogP contribution in [0.1, 0.15) is 57.4 Å². The van der Waals surface area contributed by atoms with Crippen LogP contribution in [-0.2, 0) is 19.7 Å². The van der Waals surface area contributed by atoms with Crippen molar-refractivity contribution in [3.8, 4) is 17.2 Å². The minimum atomic E-state index is -0.736. The molecule has 4 aliphatic heterocycles. The summed E-state index contributed by atoms with van der Waals surface area (Å²) in [7, 11) is 4.80. The molecule has 0 N–H and O–H groups in total. The number of benzene rings is 1. The Kier molecular flexibility index (Phi) is 4.33. The summed E-state index contributed by atoms with van der Waals surface area (Å²) in [5, 5.41) is 0. The monoisotopic (exact) mass is 456 g/mol. The molecule has 0 aromatic heterocycles. The van der Waals surface area contributed by atoms with Gasteiger partial charge in [-0.25, -0.2) is 0 Å². The van der Waals surface area contributed by atoms with E-state index in [0.717, 1.165) is 56.4 Å². The SMILES string of the molecule is CCC(=O)N1c2c(cc(OC)c(OC)c2OC)[C@]23CCN4CCC[C@]5(CC[C@@H]12)CC(=O)O[C@]453. The molecule has 1 aromatic rings. The van der Waals surface area contributed by atoms with Gasteiger partial charge in [-0.2, -0.15) is 0 Å². The molecule has 1 aliphatic carbocycles. The second-order valence-electron chi connectivity index (χ2n) is 10.1. The van der Waals surface area contributed by atoms with Crippen molar-refractivity contribution in [1.29, 1.82) is 0 Å². The number of amides is 1. The standard InChI is InChI=1S/C25H32N2O6/c1-5-18(28)27-17-7-9-23-8-6-11-26-12-10-24(17,25(23,26)33-19(29)14-23)15-13-16(30-2)21(31-3)22(32-4)20(15)27/h13,17H,5-12,14H2,1-4H3/t17-,23+,24-,25-/m1/s1. The molecule has 33 heavy (non-hydrogen) atoms. The van der Waals surface area contributed by atoms with Crippen molar-refractivity contribution < 1.29 is 28.5 Å². The maximum Gasteiger partial charge on any atom is 0.308 e. The number of carbonyl (C=O) groups excluding carboxylic acids is 2. The molecule has 178 valence electrons. The molecule has 3 saturated heterocycles. The molecular weight excluding hydrogens is 424 g/mol. The van der Waals surface area contributed by atoms with Gasteiger partial charge in [0, 0.05) is 24.9 Å². The van der Waals surface area contributed by atoms with Crippen LogP contribution in [0.2, 0.25) is 0 Å². The Morgan fingerprint density at radius 1 is 1.12 bits per heavy atom. The van der Waals surface area contributed by atoms with Gasteiger partial charge in [0.25, 0.3) is 0 Å². The molecule has 1 amide bonds. The van der Waals surface area contributed by atoms with E-state index in [1.54, 1.807) is 21.3 Å². The van der Waals surface area contributed by atoms with Gasteiger partial charge in [-0.05, 0) is 43.7 Å². The zero-order valence-corrected chi connectivity index (χ0v) is 19.9. The number of piperidine rings is 1. The maximum absolute atomic E-state index is 13.5. The molecular formula is C25H32N2O6. The molecule has 8 heteroatoms. The number of anilines is 1. The van der Waals surface area contributed by atoms with Gasteiger partial charge in [0.05, 0.1) is 44.9 Å². The van der Waals surface area contributed by atoms with Crippen molar-refractivity contribution in [1.82, 2.24) is 4.90 Å². The summed E-state index contributed by atoms with van der Waals surface area (Å²) in [6, 6.07) is 1.91. The highest BCUT2D eigenvalue weighted by atomic mass is 16.6. The van der Waals surface area contributed by atoms with Crippen LogP contribution in [-0.4, -0.2) is 63.0 Å². The number of hydrogen-bond acceptors (Lipinski definition) is 7. The zero-order chi connectivity index (χ0) is 23.2. The smallest absolute Gasteiger partial charge is 0.308 e. The highest BCUT2D eigenvalue weighted by Gasteiger charge is 2.82.